The molecule has 2 aromatic carbocycles. The molecule has 0 amide bonds. The van der Waals surface area contributed by atoms with Gasteiger partial charge in [-0.25, -0.2) is 4.18 Å². The summed E-state index contributed by atoms with van der Waals surface area (Å²) in [5, 5.41) is 0. The number of hydrogen-bond acceptors (Lipinski definition) is 4. The van der Waals surface area contributed by atoms with Crippen molar-refractivity contribution in [1.29, 1.82) is 0 Å². The van der Waals surface area contributed by atoms with Gasteiger partial charge in [-0.05, 0) is 59.3 Å². The Morgan fingerprint density at radius 1 is 0.848 bits per heavy atom. The molecule has 0 saturated heterocycles. The van der Waals surface area contributed by atoms with Crippen LogP contribution in [0, 0.1) is 11.5 Å². The van der Waals surface area contributed by atoms with Crippen molar-refractivity contribution in [1.82, 2.24) is 0 Å². The Morgan fingerprint density at radius 2 is 1.39 bits per heavy atom. The maximum absolute atomic E-state index is 13.1. The monoisotopic (exact) mass is 486 g/mol. The van der Waals surface area contributed by atoms with E-state index in [1.807, 2.05) is 30.3 Å². The minimum Gasteiger partial charge on any atom is -0.497 e. The molecule has 0 N–H and O–H groups in total. The summed E-state index contributed by atoms with van der Waals surface area (Å²) in [5.74, 6) is 3.90. The highest BCUT2D eigenvalue weighted by Gasteiger charge is 2.42. The average molecular weight is 487 g/mol. The van der Waals surface area contributed by atoms with Crippen molar-refractivity contribution < 1.29 is 17.3 Å². The molecule has 0 spiro atoms. The Balaban J connectivity index is 2.40. The van der Waals surface area contributed by atoms with Crippen molar-refractivity contribution in [2.75, 3.05) is 7.11 Å². The predicted octanol–water partition coefficient (Wildman–Crippen LogP) is 6.62. The Hall–Kier alpha value is -2.07. The molecule has 0 aromatic heterocycles. The van der Waals surface area contributed by atoms with Crippen LogP contribution in [0.4, 0.5) is 0 Å². The number of rotatable bonds is 10. The van der Waals surface area contributed by atoms with Crippen molar-refractivity contribution >= 4 is 18.2 Å². The van der Waals surface area contributed by atoms with Crippen LogP contribution in [0.3, 0.4) is 0 Å². The summed E-state index contributed by atoms with van der Waals surface area (Å²) in [5.41, 5.74) is 6.14. The summed E-state index contributed by atoms with van der Waals surface area (Å²) in [6, 6.07) is 16.3. The van der Waals surface area contributed by atoms with Gasteiger partial charge < -0.3 is 4.74 Å². The van der Waals surface area contributed by atoms with Crippen LogP contribution in [0.5, 0.6) is 5.75 Å². The molecule has 0 heterocycles. The number of benzene rings is 2. The number of methoxy groups -OCH3 is 1. The van der Waals surface area contributed by atoms with Gasteiger partial charge in [0.25, 0.3) is 10.1 Å². The highest BCUT2D eigenvalue weighted by molar-refractivity contribution is 7.86. The predicted molar refractivity (Wildman–Crippen MR) is 139 cm³/mol. The van der Waals surface area contributed by atoms with E-state index in [1.165, 1.54) is 12.1 Å². The van der Waals surface area contributed by atoms with Crippen LogP contribution >= 0.6 is 0 Å². The molecule has 0 fully saturated rings. The second kappa shape index (κ2) is 11.9. The van der Waals surface area contributed by atoms with Gasteiger partial charge in [-0.3, -0.25) is 0 Å². The average Bonchev–Trinajstić information content (AvgIpc) is 2.77. The first kappa shape index (κ1) is 27.2. The van der Waals surface area contributed by atoms with Crippen molar-refractivity contribution in [3.8, 4) is 17.2 Å². The fraction of sp³-hybridized carbons (Fsp3) is 0.481. The summed E-state index contributed by atoms with van der Waals surface area (Å²) in [4.78, 5) is 0.106. The van der Waals surface area contributed by atoms with Gasteiger partial charge in [0.2, 0.25) is 0 Å². The normalized spacial score (nSPS) is 13.2. The van der Waals surface area contributed by atoms with Crippen LogP contribution in [0.2, 0.25) is 16.6 Å². The van der Waals surface area contributed by atoms with Gasteiger partial charge in [-0.1, -0.05) is 77.8 Å². The molecular formula is C27H38O4SSi. The minimum atomic E-state index is -3.96. The topological polar surface area (TPSA) is 52.6 Å². The van der Waals surface area contributed by atoms with Crippen LogP contribution in [0.1, 0.15) is 53.5 Å². The molecule has 1 atom stereocenters. The molecule has 180 valence electrons. The van der Waals surface area contributed by atoms with Gasteiger partial charge >= 0.3 is 0 Å². The maximum atomic E-state index is 13.1. The summed E-state index contributed by atoms with van der Waals surface area (Å²) in [6.07, 6.45) is 0.490. The van der Waals surface area contributed by atoms with E-state index in [9.17, 15) is 8.42 Å². The van der Waals surface area contributed by atoms with Crippen LogP contribution in [-0.4, -0.2) is 29.7 Å². The summed E-state index contributed by atoms with van der Waals surface area (Å²) in [7, 11) is -4.43. The van der Waals surface area contributed by atoms with Crippen molar-refractivity contribution in [2.24, 2.45) is 0 Å². The largest absolute Gasteiger partial charge is 0.497 e. The second-order valence-corrected chi connectivity index (χ2v) is 16.6. The molecule has 0 aliphatic heterocycles. The molecular weight excluding hydrogens is 448 g/mol. The maximum Gasteiger partial charge on any atom is 0.298 e. The van der Waals surface area contributed by atoms with Crippen LogP contribution < -0.4 is 4.74 Å². The van der Waals surface area contributed by atoms with Crippen molar-refractivity contribution in [3.05, 3.63) is 60.2 Å². The van der Waals surface area contributed by atoms with Gasteiger partial charge in [-0.2, -0.15) is 8.42 Å². The van der Waals surface area contributed by atoms with E-state index >= 15 is 0 Å². The first-order valence-corrected chi connectivity index (χ1v) is 15.3. The van der Waals surface area contributed by atoms with Crippen LogP contribution in [0.15, 0.2) is 59.5 Å². The lowest BCUT2D eigenvalue weighted by Crippen LogP contribution is -2.43. The lowest BCUT2D eigenvalue weighted by molar-refractivity contribution is 0.254. The Labute approximate surface area is 201 Å². The summed E-state index contributed by atoms with van der Waals surface area (Å²) >= 11 is 0. The van der Waals surface area contributed by atoms with Gasteiger partial charge in [0, 0.05) is 0 Å². The molecule has 33 heavy (non-hydrogen) atoms. The lowest BCUT2D eigenvalue weighted by Gasteiger charge is -2.38. The SMILES string of the molecule is COc1ccc(S(=O)(=O)OC(C#C[Si](C(C)C)(C(C)C)C(C)C)CCc2ccccc2)cc1. The van der Waals surface area contributed by atoms with Crippen LogP contribution in [-0.2, 0) is 20.7 Å². The lowest BCUT2D eigenvalue weighted by atomic mass is 10.1. The van der Waals surface area contributed by atoms with E-state index < -0.39 is 24.3 Å². The highest BCUT2D eigenvalue weighted by Crippen LogP contribution is 2.40. The second-order valence-electron chi connectivity index (χ2n) is 9.41. The molecule has 2 rings (SSSR count). The Bertz CT molecular complexity index is 1010. The third-order valence-corrected chi connectivity index (χ3v) is 14.1. The molecule has 0 aliphatic carbocycles. The number of aryl methyl sites for hydroxylation is 1. The molecule has 4 nitrogen and oxygen atoms in total. The van der Waals surface area contributed by atoms with Crippen LogP contribution in [0.25, 0.3) is 0 Å². The van der Waals surface area contributed by atoms with E-state index in [0.717, 1.165) is 5.56 Å². The van der Waals surface area contributed by atoms with E-state index in [4.69, 9.17) is 8.92 Å². The van der Waals surface area contributed by atoms with Crippen molar-refractivity contribution in [3.63, 3.8) is 0 Å². The van der Waals surface area contributed by atoms with E-state index in [2.05, 4.69) is 53.0 Å². The zero-order chi connectivity index (χ0) is 24.6. The molecule has 0 radical (unpaired) electrons. The van der Waals surface area contributed by atoms with Gasteiger partial charge in [0.1, 0.15) is 19.9 Å². The summed E-state index contributed by atoms with van der Waals surface area (Å²) < 4.78 is 37.0. The van der Waals surface area contributed by atoms with E-state index in [1.54, 1.807) is 19.2 Å². The summed E-state index contributed by atoms with van der Waals surface area (Å²) in [6.45, 7) is 13.5. The Morgan fingerprint density at radius 3 is 1.88 bits per heavy atom. The zero-order valence-electron chi connectivity index (χ0n) is 21.0. The van der Waals surface area contributed by atoms with Gasteiger partial charge in [0.15, 0.2) is 0 Å². The van der Waals surface area contributed by atoms with Gasteiger partial charge in [0.05, 0.1) is 12.0 Å². The van der Waals surface area contributed by atoms with E-state index in [0.29, 0.717) is 35.2 Å². The standard InChI is InChI=1S/C27H38O4SSi/c1-21(2)33(22(3)4,23(5)6)20-19-26(14-13-24-11-9-8-10-12-24)31-32(28,29)27-17-15-25(30-7)16-18-27/h8-12,15-18,21-23,26H,13-14H2,1-7H3. The molecule has 0 saturated carbocycles. The zero-order valence-corrected chi connectivity index (χ0v) is 22.8. The smallest absolute Gasteiger partial charge is 0.298 e. The first-order chi connectivity index (χ1) is 15.5. The fourth-order valence-corrected chi connectivity index (χ4v) is 11.0. The fourth-order valence-electron chi connectivity index (χ4n) is 4.68. The molecule has 0 bridgehead atoms. The third-order valence-electron chi connectivity index (χ3n) is 6.44. The van der Waals surface area contributed by atoms with Crippen molar-refractivity contribution in [2.45, 2.75) is 82.0 Å². The highest BCUT2D eigenvalue weighted by atomic mass is 32.2. The molecule has 0 aliphatic rings. The molecule has 2 aromatic rings. The number of hydrogen-bond donors (Lipinski definition) is 0. The minimum absolute atomic E-state index is 0.106. The molecule has 6 heteroatoms. The number of ether oxygens (including phenoxy) is 1. The molecule has 1 unspecified atom stereocenters. The Kier molecular flexibility index (Phi) is 9.78. The quantitative estimate of drug-likeness (QED) is 0.215. The first-order valence-electron chi connectivity index (χ1n) is 11.7. The third kappa shape index (κ3) is 6.96. The van der Waals surface area contributed by atoms with E-state index in [-0.39, 0.29) is 4.90 Å². The van der Waals surface area contributed by atoms with Gasteiger partial charge in [-0.15, -0.1) is 5.54 Å².